The Labute approximate surface area is 133 Å². The van der Waals surface area contributed by atoms with Crippen LogP contribution in [-0.4, -0.2) is 26.5 Å². The monoisotopic (exact) mass is 340 g/mol. The van der Waals surface area contributed by atoms with Gasteiger partial charge in [0.2, 0.25) is 10.0 Å². The molecule has 0 bridgehead atoms. The van der Waals surface area contributed by atoms with Gasteiger partial charge in [-0.05, 0) is 24.6 Å². The minimum Gasteiger partial charge on any atom is -0.465 e. The molecule has 118 valence electrons. The number of nitrogens with zero attached hydrogens (tertiary/aromatic N) is 1. The summed E-state index contributed by atoms with van der Waals surface area (Å²) in [5.74, 6) is -0.701. The van der Waals surface area contributed by atoms with Gasteiger partial charge in [-0.25, -0.2) is 22.9 Å². The number of ether oxygens (including phenoxy) is 1. The summed E-state index contributed by atoms with van der Waals surface area (Å²) in [5.41, 5.74) is 1.71. The van der Waals surface area contributed by atoms with E-state index in [4.69, 9.17) is 0 Å². The summed E-state index contributed by atoms with van der Waals surface area (Å²) in [6.07, 6.45) is 0. The zero-order valence-corrected chi connectivity index (χ0v) is 13.8. The minimum atomic E-state index is -3.51. The summed E-state index contributed by atoms with van der Waals surface area (Å²) in [6, 6.07) is 6.37. The third-order valence-corrected chi connectivity index (χ3v) is 5.08. The van der Waals surface area contributed by atoms with Gasteiger partial charge in [-0.1, -0.05) is 12.1 Å². The van der Waals surface area contributed by atoms with Crippen LogP contribution in [0.2, 0.25) is 0 Å². The molecule has 1 aromatic carbocycles. The van der Waals surface area contributed by atoms with Gasteiger partial charge in [0.15, 0.2) is 0 Å². The van der Waals surface area contributed by atoms with Crippen molar-refractivity contribution in [1.82, 2.24) is 9.71 Å². The largest absolute Gasteiger partial charge is 0.465 e. The van der Waals surface area contributed by atoms with Crippen LogP contribution in [0.1, 0.15) is 26.6 Å². The molecule has 0 fully saturated rings. The lowest BCUT2D eigenvalue weighted by molar-refractivity contribution is 0.0600. The lowest BCUT2D eigenvalue weighted by Gasteiger charge is -2.06. The molecule has 22 heavy (non-hydrogen) atoms. The molecule has 0 spiro atoms. The average molecular weight is 340 g/mol. The van der Waals surface area contributed by atoms with E-state index in [9.17, 15) is 13.2 Å². The number of carbonyl (C=O) groups is 1. The Morgan fingerprint density at radius 1 is 1.41 bits per heavy atom. The van der Waals surface area contributed by atoms with E-state index < -0.39 is 16.0 Å². The summed E-state index contributed by atoms with van der Waals surface area (Å²) in [7, 11) is -2.23. The molecule has 0 saturated carbocycles. The summed E-state index contributed by atoms with van der Waals surface area (Å²) >= 11 is 1.41. The van der Waals surface area contributed by atoms with Crippen molar-refractivity contribution in [2.24, 2.45) is 0 Å². The summed E-state index contributed by atoms with van der Waals surface area (Å²) in [6.45, 7) is 2.02. The van der Waals surface area contributed by atoms with E-state index in [1.165, 1.54) is 24.5 Å². The number of nitrogens with one attached hydrogen (secondary N) is 1. The quantitative estimate of drug-likeness (QED) is 0.811. The van der Waals surface area contributed by atoms with Crippen molar-refractivity contribution in [1.29, 1.82) is 0 Å². The molecule has 0 atom stereocenters. The molecule has 8 heteroatoms. The van der Waals surface area contributed by atoms with E-state index in [2.05, 4.69) is 14.4 Å². The first kappa shape index (κ1) is 16.6. The fourth-order valence-corrected chi connectivity index (χ4v) is 3.71. The highest BCUT2D eigenvalue weighted by Gasteiger charge is 2.14. The van der Waals surface area contributed by atoms with E-state index in [0.29, 0.717) is 16.1 Å². The lowest BCUT2D eigenvalue weighted by atomic mass is 10.1. The number of esters is 1. The van der Waals surface area contributed by atoms with E-state index in [-0.39, 0.29) is 12.3 Å². The van der Waals surface area contributed by atoms with Crippen LogP contribution in [0.4, 0.5) is 0 Å². The first-order valence-electron chi connectivity index (χ1n) is 6.45. The van der Waals surface area contributed by atoms with Crippen LogP contribution in [0.15, 0.2) is 29.6 Å². The normalized spacial score (nSPS) is 11.4. The van der Waals surface area contributed by atoms with Gasteiger partial charge in [-0.2, -0.15) is 0 Å². The van der Waals surface area contributed by atoms with Crippen LogP contribution < -0.4 is 4.72 Å². The molecule has 0 radical (unpaired) electrons. The predicted octanol–water partition coefficient (Wildman–Crippen LogP) is 1.86. The summed E-state index contributed by atoms with van der Waals surface area (Å²) in [4.78, 5) is 15.6. The fraction of sp³-hybridized carbons (Fsp3) is 0.286. The fourth-order valence-electron chi connectivity index (χ4n) is 1.83. The number of methoxy groups -OCH3 is 1. The molecule has 0 aliphatic carbocycles. The molecule has 0 aliphatic heterocycles. The van der Waals surface area contributed by atoms with Crippen molar-refractivity contribution in [2.45, 2.75) is 19.2 Å². The Hall–Kier alpha value is -1.77. The molecule has 1 aromatic heterocycles. The number of carbonyl (C=O) groups excluding carboxylic acids is 1. The zero-order valence-electron chi connectivity index (χ0n) is 12.2. The smallest absolute Gasteiger partial charge is 0.337 e. The van der Waals surface area contributed by atoms with Gasteiger partial charge in [0.25, 0.3) is 0 Å². The SMILES string of the molecule is COC(=O)c1cccc(CS(=O)(=O)NCc2nc(C)cs2)c1. The highest BCUT2D eigenvalue weighted by atomic mass is 32.2. The molecule has 0 saturated heterocycles. The second-order valence-electron chi connectivity index (χ2n) is 4.65. The van der Waals surface area contributed by atoms with Gasteiger partial charge in [0, 0.05) is 11.1 Å². The van der Waals surface area contributed by atoms with E-state index in [0.717, 1.165) is 5.69 Å². The van der Waals surface area contributed by atoms with Crippen LogP contribution in [0.5, 0.6) is 0 Å². The first-order chi connectivity index (χ1) is 10.4. The van der Waals surface area contributed by atoms with Gasteiger partial charge in [-0.15, -0.1) is 11.3 Å². The minimum absolute atomic E-state index is 0.164. The highest BCUT2D eigenvalue weighted by molar-refractivity contribution is 7.88. The van der Waals surface area contributed by atoms with E-state index in [1.807, 2.05) is 12.3 Å². The van der Waals surface area contributed by atoms with Gasteiger partial charge in [-0.3, -0.25) is 0 Å². The standard InChI is InChI=1S/C14H16N2O4S2/c1-10-8-21-13(16-10)7-15-22(18,19)9-11-4-3-5-12(6-11)14(17)20-2/h3-6,8,15H,7,9H2,1-2H3. The number of aromatic nitrogens is 1. The maximum absolute atomic E-state index is 12.1. The maximum atomic E-state index is 12.1. The molecule has 0 amide bonds. The van der Waals surface area contributed by atoms with Crippen molar-refractivity contribution in [2.75, 3.05) is 7.11 Å². The second kappa shape index (κ2) is 6.99. The second-order valence-corrected chi connectivity index (χ2v) is 7.40. The van der Waals surface area contributed by atoms with Crippen molar-refractivity contribution in [3.05, 3.63) is 51.5 Å². The number of hydrogen-bond donors (Lipinski definition) is 1. The van der Waals surface area contributed by atoms with Crippen LogP contribution in [0.3, 0.4) is 0 Å². The summed E-state index contributed by atoms with van der Waals surface area (Å²) in [5, 5.41) is 2.58. The molecule has 0 unspecified atom stereocenters. The predicted molar refractivity (Wildman–Crippen MR) is 84.1 cm³/mol. The van der Waals surface area contributed by atoms with E-state index in [1.54, 1.807) is 18.2 Å². The molecule has 6 nitrogen and oxygen atoms in total. The third kappa shape index (κ3) is 4.62. The Bertz CT molecular complexity index is 769. The van der Waals surface area contributed by atoms with Gasteiger partial charge >= 0.3 is 5.97 Å². The third-order valence-electron chi connectivity index (χ3n) is 2.81. The van der Waals surface area contributed by atoms with Crippen molar-refractivity contribution >= 4 is 27.3 Å². The number of rotatable bonds is 6. The lowest BCUT2D eigenvalue weighted by Crippen LogP contribution is -2.24. The Balaban J connectivity index is 2.03. The highest BCUT2D eigenvalue weighted by Crippen LogP contribution is 2.12. The van der Waals surface area contributed by atoms with Crippen LogP contribution in [0, 0.1) is 6.92 Å². The number of thiazole rings is 1. The molecular formula is C14H16N2O4S2. The Morgan fingerprint density at radius 2 is 2.18 bits per heavy atom. The molecule has 2 rings (SSSR count). The van der Waals surface area contributed by atoms with Crippen molar-refractivity contribution < 1.29 is 17.9 Å². The van der Waals surface area contributed by atoms with Crippen LogP contribution in [-0.2, 0) is 27.1 Å². The number of hydrogen-bond acceptors (Lipinski definition) is 6. The van der Waals surface area contributed by atoms with Crippen molar-refractivity contribution in [3.8, 4) is 0 Å². The van der Waals surface area contributed by atoms with E-state index >= 15 is 0 Å². The Kier molecular flexibility index (Phi) is 5.28. The molecule has 1 heterocycles. The average Bonchev–Trinajstić information content (AvgIpc) is 2.90. The van der Waals surface area contributed by atoms with Crippen LogP contribution >= 0.6 is 11.3 Å². The molecular weight excluding hydrogens is 324 g/mol. The number of sulfonamides is 1. The zero-order chi connectivity index (χ0) is 16.2. The first-order valence-corrected chi connectivity index (χ1v) is 8.98. The number of aryl methyl sites for hydroxylation is 1. The van der Waals surface area contributed by atoms with Crippen molar-refractivity contribution in [3.63, 3.8) is 0 Å². The number of benzene rings is 1. The van der Waals surface area contributed by atoms with Gasteiger partial charge in [0.1, 0.15) is 5.01 Å². The Morgan fingerprint density at radius 3 is 2.82 bits per heavy atom. The topological polar surface area (TPSA) is 85.4 Å². The molecule has 0 aliphatic rings. The molecule has 2 aromatic rings. The van der Waals surface area contributed by atoms with Gasteiger partial charge < -0.3 is 4.74 Å². The van der Waals surface area contributed by atoms with Gasteiger partial charge in [0.05, 0.1) is 25.0 Å². The van der Waals surface area contributed by atoms with Crippen LogP contribution in [0.25, 0.3) is 0 Å². The summed E-state index contributed by atoms with van der Waals surface area (Å²) < 4.78 is 31.3. The maximum Gasteiger partial charge on any atom is 0.337 e. The molecule has 1 N–H and O–H groups in total.